The summed E-state index contributed by atoms with van der Waals surface area (Å²) in [6, 6.07) is 1.93. The summed E-state index contributed by atoms with van der Waals surface area (Å²) in [5.41, 5.74) is 6.12. The van der Waals surface area contributed by atoms with Crippen molar-refractivity contribution in [2.75, 3.05) is 19.8 Å². The Kier molecular flexibility index (Phi) is 5.26. The van der Waals surface area contributed by atoms with E-state index in [0.717, 1.165) is 31.8 Å². The molecule has 0 aliphatic carbocycles. The maximum absolute atomic E-state index is 6.12. The lowest BCUT2D eigenvalue weighted by Gasteiger charge is -2.48. The second-order valence-corrected chi connectivity index (χ2v) is 5.67. The van der Waals surface area contributed by atoms with E-state index in [1.807, 2.05) is 0 Å². The van der Waals surface area contributed by atoms with Crippen LogP contribution in [0.4, 0.5) is 0 Å². The van der Waals surface area contributed by atoms with Gasteiger partial charge >= 0.3 is 0 Å². The SMILES string of the molecule is CCCCOCCN1C2CCCC1CC(N)C2. The van der Waals surface area contributed by atoms with Crippen LogP contribution in [0.15, 0.2) is 0 Å². The first-order valence-corrected chi connectivity index (χ1v) is 7.40. The molecule has 2 atom stereocenters. The molecule has 2 unspecified atom stereocenters. The fourth-order valence-electron chi connectivity index (χ4n) is 3.40. The van der Waals surface area contributed by atoms with Crippen LogP contribution in [0.25, 0.3) is 0 Å². The van der Waals surface area contributed by atoms with Crippen molar-refractivity contribution >= 4 is 0 Å². The van der Waals surface area contributed by atoms with Gasteiger partial charge in [-0.1, -0.05) is 19.8 Å². The van der Waals surface area contributed by atoms with Crippen molar-refractivity contribution in [3.8, 4) is 0 Å². The summed E-state index contributed by atoms with van der Waals surface area (Å²) in [6.45, 7) is 5.16. The smallest absolute Gasteiger partial charge is 0.0593 e. The molecular formula is C14H28N2O. The van der Waals surface area contributed by atoms with E-state index in [-0.39, 0.29) is 0 Å². The molecule has 2 rings (SSSR count). The van der Waals surface area contributed by atoms with E-state index in [9.17, 15) is 0 Å². The quantitative estimate of drug-likeness (QED) is 0.723. The van der Waals surface area contributed by atoms with Gasteiger partial charge in [0, 0.05) is 31.3 Å². The number of nitrogens with two attached hydrogens (primary N) is 1. The van der Waals surface area contributed by atoms with Gasteiger partial charge in [0.15, 0.2) is 0 Å². The molecule has 2 saturated heterocycles. The molecule has 2 bridgehead atoms. The van der Waals surface area contributed by atoms with Crippen molar-refractivity contribution in [3.63, 3.8) is 0 Å². The summed E-state index contributed by atoms with van der Waals surface area (Å²) >= 11 is 0. The number of ether oxygens (including phenoxy) is 1. The zero-order valence-electron chi connectivity index (χ0n) is 11.2. The number of hydrogen-bond acceptors (Lipinski definition) is 3. The summed E-state index contributed by atoms with van der Waals surface area (Å²) in [5, 5.41) is 0. The first-order chi connectivity index (χ1) is 8.31. The monoisotopic (exact) mass is 240 g/mol. The number of piperidine rings is 2. The highest BCUT2D eigenvalue weighted by molar-refractivity contribution is 4.93. The largest absolute Gasteiger partial charge is 0.380 e. The van der Waals surface area contributed by atoms with Gasteiger partial charge in [0.1, 0.15) is 0 Å². The van der Waals surface area contributed by atoms with Crippen LogP contribution < -0.4 is 5.73 Å². The predicted molar refractivity (Wildman–Crippen MR) is 71.1 cm³/mol. The summed E-state index contributed by atoms with van der Waals surface area (Å²) in [5.74, 6) is 0. The molecule has 0 aromatic carbocycles. The van der Waals surface area contributed by atoms with Gasteiger partial charge in [-0.15, -0.1) is 0 Å². The molecule has 17 heavy (non-hydrogen) atoms. The Balaban J connectivity index is 1.72. The molecule has 2 aliphatic heterocycles. The zero-order chi connectivity index (χ0) is 12.1. The maximum Gasteiger partial charge on any atom is 0.0593 e. The van der Waals surface area contributed by atoms with Crippen molar-refractivity contribution in [2.24, 2.45) is 5.73 Å². The minimum atomic E-state index is 0.447. The molecule has 100 valence electrons. The molecule has 0 amide bonds. The van der Waals surface area contributed by atoms with Crippen LogP contribution in [0.5, 0.6) is 0 Å². The van der Waals surface area contributed by atoms with E-state index in [1.54, 1.807) is 0 Å². The molecule has 2 heterocycles. The number of fused-ring (bicyclic) bond motifs is 2. The highest BCUT2D eigenvalue weighted by atomic mass is 16.5. The average Bonchev–Trinajstić information content (AvgIpc) is 2.29. The lowest BCUT2D eigenvalue weighted by molar-refractivity contribution is 0.00404. The Labute approximate surface area is 106 Å². The van der Waals surface area contributed by atoms with Crippen molar-refractivity contribution in [2.45, 2.75) is 70.0 Å². The summed E-state index contributed by atoms with van der Waals surface area (Å²) in [6.07, 6.45) is 8.91. The van der Waals surface area contributed by atoms with Gasteiger partial charge in [-0.3, -0.25) is 4.90 Å². The molecule has 0 saturated carbocycles. The van der Waals surface area contributed by atoms with E-state index in [0.29, 0.717) is 6.04 Å². The van der Waals surface area contributed by atoms with Crippen molar-refractivity contribution < 1.29 is 4.74 Å². The third-order valence-corrected chi connectivity index (χ3v) is 4.30. The molecular weight excluding hydrogens is 212 g/mol. The standard InChI is InChI=1S/C14H28N2O/c1-2-3-8-17-9-7-16-13-5-4-6-14(16)11-12(15)10-13/h12-14H,2-11,15H2,1H3. The highest BCUT2D eigenvalue weighted by Gasteiger charge is 2.36. The lowest BCUT2D eigenvalue weighted by Crippen LogP contribution is -2.56. The average molecular weight is 240 g/mol. The molecule has 0 aromatic heterocycles. The Morgan fingerprint density at radius 2 is 1.88 bits per heavy atom. The molecule has 3 nitrogen and oxygen atoms in total. The predicted octanol–water partition coefficient (Wildman–Crippen LogP) is 2.15. The first-order valence-electron chi connectivity index (χ1n) is 7.40. The van der Waals surface area contributed by atoms with Gasteiger partial charge in [0.2, 0.25) is 0 Å². The molecule has 2 aliphatic rings. The van der Waals surface area contributed by atoms with Crippen LogP contribution in [-0.4, -0.2) is 42.8 Å². The first kappa shape index (κ1) is 13.3. The van der Waals surface area contributed by atoms with E-state index in [4.69, 9.17) is 10.5 Å². The highest BCUT2D eigenvalue weighted by Crippen LogP contribution is 2.32. The van der Waals surface area contributed by atoms with Crippen molar-refractivity contribution in [3.05, 3.63) is 0 Å². The molecule has 2 fully saturated rings. The van der Waals surface area contributed by atoms with Gasteiger partial charge in [-0.05, 0) is 32.1 Å². The fraction of sp³-hybridized carbons (Fsp3) is 1.00. The molecule has 0 radical (unpaired) electrons. The second kappa shape index (κ2) is 6.72. The number of nitrogens with zero attached hydrogens (tertiary/aromatic N) is 1. The number of rotatable bonds is 6. The second-order valence-electron chi connectivity index (χ2n) is 5.67. The third kappa shape index (κ3) is 3.67. The molecule has 3 heteroatoms. The Bertz CT molecular complexity index is 208. The Morgan fingerprint density at radius 1 is 1.18 bits per heavy atom. The summed E-state index contributed by atoms with van der Waals surface area (Å²) < 4.78 is 5.70. The van der Waals surface area contributed by atoms with Crippen LogP contribution >= 0.6 is 0 Å². The van der Waals surface area contributed by atoms with Crippen LogP contribution in [0.3, 0.4) is 0 Å². The van der Waals surface area contributed by atoms with E-state index >= 15 is 0 Å². The van der Waals surface area contributed by atoms with Gasteiger partial charge in [-0.2, -0.15) is 0 Å². The van der Waals surface area contributed by atoms with Gasteiger partial charge in [0.25, 0.3) is 0 Å². The molecule has 0 spiro atoms. The number of hydrogen-bond donors (Lipinski definition) is 1. The minimum absolute atomic E-state index is 0.447. The molecule has 2 N–H and O–H groups in total. The van der Waals surface area contributed by atoms with Crippen molar-refractivity contribution in [1.82, 2.24) is 4.90 Å². The summed E-state index contributed by atoms with van der Waals surface area (Å²) in [7, 11) is 0. The van der Waals surface area contributed by atoms with Gasteiger partial charge < -0.3 is 10.5 Å². The topological polar surface area (TPSA) is 38.5 Å². The van der Waals surface area contributed by atoms with E-state index in [1.165, 1.54) is 44.9 Å². The summed E-state index contributed by atoms with van der Waals surface area (Å²) in [4.78, 5) is 2.68. The number of unbranched alkanes of at least 4 members (excludes halogenated alkanes) is 1. The lowest BCUT2D eigenvalue weighted by atomic mass is 9.82. The van der Waals surface area contributed by atoms with Crippen LogP contribution in [0.2, 0.25) is 0 Å². The van der Waals surface area contributed by atoms with Crippen LogP contribution in [0.1, 0.15) is 51.9 Å². The molecule has 0 aromatic rings. The van der Waals surface area contributed by atoms with Crippen LogP contribution in [-0.2, 0) is 4.74 Å². The Morgan fingerprint density at radius 3 is 2.53 bits per heavy atom. The Hall–Kier alpha value is -0.120. The van der Waals surface area contributed by atoms with Crippen LogP contribution in [0, 0.1) is 0 Å². The van der Waals surface area contributed by atoms with E-state index < -0.39 is 0 Å². The maximum atomic E-state index is 6.12. The van der Waals surface area contributed by atoms with Crippen molar-refractivity contribution in [1.29, 1.82) is 0 Å². The van der Waals surface area contributed by atoms with Gasteiger partial charge in [0.05, 0.1) is 6.61 Å². The van der Waals surface area contributed by atoms with E-state index in [2.05, 4.69) is 11.8 Å². The minimum Gasteiger partial charge on any atom is -0.380 e. The normalized spacial score (nSPS) is 33.9. The third-order valence-electron chi connectivity index (χ3n) is 4.30. The fourth-order valence-corrected chi connectivity index (χ4v) is 3.40. The van der Waals surface area contributed by atoms with Gasteiger partial charge in [-0.25, -0.2) is 0 Å². The zero-order valence-corrected chi connectivity index (χ0v) is 11.2.